The van der Waals surface area contributed by atoms with Gasteiger partial charge in [0.1, 0.15) is 5.82 Å². The van der Waals surface area contributed by atoms with E-state index in [2.05, 4.69) is 15.3 Å². The standard InChI is InChI=1S/C8H13N3O/c1-7(12)9-4-2-3-8-10-5-6-11-8/h5-6H,2-4H2,1H3,(H,9,12)(H,10,11). The Labute approximate surface area is 71.4 Å². The first-order valence-corrected chi connectivity index (χ1v) is 4.02. The van der Waals surface area contributed by atoms with Gasteiger partial charge in [-0.25, -0.2) is 4.98 Å². The lowest BCUT2D eigenvalue weighted by Gasteiger charge is -1.99. The first-order valence-electron chi connectivity index (χ1n) is 4.02. The fourth-order valence-electron chi connectivity index (χ4n) is 0.955. The van der Waals surface area contributed by atoms with Gasteiger partial charge in [0.05, 0.1) is 0 Å². The van der Waals surface area contributed by atoms with Crippen LogP contribution in [-0.2, 0) is 11.2 Å². The average Bonchev–Trinajstić information content (AvgIpc) is 2.49. The van der Waals surface area contributed by atoms with Crippen LogP contribution in [0.5, 0.6) is 0 Å². The van der Waals surface area contributed by atoms with Crippen LogP contribution in [0.4, 0.5) is 0 Å². The summed E-state index contributed by atoms with van der Waals surface area (Å²) in [5.74, 6) is 0.995. The minimum absolute atomic E-state index is 0.0226. The normalized spacial score (nSPS) is 9.75. The highest BCUT2D eigenvalue weighted by atomic mass is 16.1. The zero-order chi connectivity index (χ0) is 8.81. The quantitative estimate of drug-likeness (QED) is 0.641. The van der Waals surface area contributed by atoms with Crippen LogP contribution in [0.2, 0.25) is 0 Å². The van der Waals surface area contributed by atoms with Crippen molar-refractivity contribution in [3.05, 3.63) is 18.2 Å². The van der Waals surface area contributed by atoms with E-state index >= 15 is 0 Å². The van der Waals surface area contributed by atoms with E-state index in [0.717, 1.165) is 25.2 Å². The van der Waals surface area contributed by atoms with E-state index < -0.39 is 0 Å². The van der Waals surface area contributed by atoms with Crippen LogP contribution in [0.3, 0.4) is 0 Å². The van der Waals surface area contributed by atoms with Gasteiger partial charge in [0.15, 0.2) is 0 Å². The molecule has 0 aliphatic carbocycles. The summed E-state index contributed by atoms with van der Waals surface area (Å²) in [6.07, 6.45) is 5.34. The number of nitrogens with one attached hydrogen (secondary N) is 2. The summed E-state index contributed by atoms with van der Waals surface area (Å²) in [6.45, 7) is 2.24. The Morgan fingerprint density at radius 3 is 3.17 bits per heavy atom. The third-order valence-electron chi connectivity index (χ3n) is 1.52. The summed E-state index contributed by atoms with van der Waals surface area (Å²) in [4.78, 5) is 17.5. The molecule has 0 atom stereocenters. The number of hydrogen-bond acceptors (Lipinski definition) is 2. The number of rotatable bonds is 4. The van der Waals surface area contributed by atoms with Crippen LogP contribution in [0.25, 0.3) is 0 Å². The van der Waals surface area contributed by atoms with Crippen LogP contribution in [0, 0.1) is 0 Å². The minimum Gasteiger partial charge on any atom is -0.356 e. The fourth-order valence-corrected chi connectivity index (χ4v) is 0.955. The van der Waals surface area contributed by atoms with Gasteiger partial charge in [-0.05, 0) is 6.42 Å². The summed E-state index contributed by atoms with van der Waals surface area (Å²) >= 11 is 0. The second-order valence-corrected chi connectivity index (χ2v) is 2.62. The number of hydrogen-bond donors (Lipinski definition) is 2. The van der Waals surface area contributed by atoms with Crippen molar-refractivity contribution in [2.24, 2.45) is 0 Å². The Morgan fingerprint density at radius 2 is 2.58 bits per heavy atom. The van der Waals surface area contributed by atoms with Crippen molar-refractivity contribution < 1.29 is 4.79 Å². The Balaban J connectivity index is 2.07. The highest BCUT2D eigenvalue weighted by molar-refractivity contribution is 5.72. The van der Waals surface area contributed by atoms with Crippen LogP contribution in [-0.4, -0.2) is 22.4 Å². The molecule has 1 amide bonds. The smallest absolute Gasteiger partial charge is 0.216 e. The molecule has 12 heavy (non-hydrogen) atoms. The summed E-state index contributed by atoms with van der Waals surface area (Å²) in [5.41, 5.74) is 0. The van der Waals surface area contributed by atoms with Crippen molar-refractivity contribution in [2.45, 2.75) is 19.8 Å². The number of aromatic nitrogens is 2. The third-order valence-corrected chi connectivity index (χ3v) is 1.52. The molecule has 0 bridgehead atoms. The molecule has 0 unspecified atom stereocenters. The summed E-state index contributed by atoms with van der Waals surface area (Å²) in [7, 11) is 0. The summed E-state index contributed by atoms with van der Waals surface area (Å²) in [6, 6.07) is 0. The topological polar surface area (TPSA) is 57.8 Å². The third kappa shape index (κ3) is 3.18. The fraction of sp³-hybridized carbons (Fsp3) is 0.500. The Bertz CT molecular complexity index is 230. The number of aromatic amines is 1. The van der Waals surface area contributed by atoms with Crippen molar-refractivity contribution in [2.75, 3.05) is 6.54 Å². The van der Waals surface area contributed by atoms with E-state index in [9.17, 15) is 4.79 Å². The molecule has 0 fully saturated rings. The second-order valence-electron chi connectivity index (χ2n) is 2.62. The maximum Gasteiger partial charge on any atom is 0.216 e. The van der Waals surface area contributed by atoms with Crippen LogP contribution >= 0.6 is 0 Å². The molecular weight excluding hydrogens is 154 g/mol. The molecule has 0 aliphatic rings. The number of aryl methyl sites for hydroxylation is 1. The lowest BCUT2D eigenvalue weighted by atomic mass is 10.3. The lowest BCUT2D eigenvalue weighted by molar-refractivity contribution is -0.118. The molecule has 1 aromatic rings. The van der Waals surface area contributed by atoms with E-state index in [4.69, 9.17) is 0 Å². The van der Waals surface area contributed by atoms with Gasteiger partial charge in [-0.1, -0.05) is 0 Å². The Morgan fingerprint density at radius 1 is 1.75 bits per heavy atom. The summed E-state index contributed by atoms with van der Waals surface area (Å²) in [5, 5.41) is 2.73. The molecule has 0 aromatic carbocycles. The second kappa shape index (κ2) is 4.54. The van der Waals surface area contributed by atoms with Gasteiger partial charge in [0, 0.05) is 32.3 Å². The Kier molecular flexibility index (Phi) is 3.32. The molecule has 0 aliphatic heterocycles. The van der Waals surface area contributed by atoms with Crippen LogP contribution < -0.4 is 5.32 Å². The predicted octanol–water partition coefficient (Wildman–Crippen LogP) is 0.478. The van der Waals surface area contributed by atoms with Gasteiger partial charge in [-0.15, -0.1) is 0 Å². The molecule has 0 saturated heterocycles. The molecule has 0 radical (unpaired) electrons. The molecule has 1 aromatic heterocycles. The highest BCUT2D eigenvalue weighted by Crippen LogP contribution is 1.92. The molecule has 1 heterocycles. The predicted molar refractivity (Wildman–Crippen MR) is 45.6 cm³/mol. The number of H-pyrrole nitrogens is 1. The van der Waals surface area contributed by atoms with Crippen LogP contribution in [0.15, 0.2) is 12.4 Å². The maximum atomic E-state index is 10.5. The number of carbonyl (C=O) groups is 1. The van der Waals surface area contributed by atoms with E-state index in [0.29, 0.717) is 0 Å². The Hall–Kier alpha value is -1.32. The van der Waals surface area contributed by atoms with Crippen molar-refractivity contribution in [3.8, 4) is 0 Å². The lowest BCUT2D eigenvalue weighted by Crippen LogP contribution is -2.21. The monoisotopic (exact) mass is 167 g/mol. The molecule has 1 rings (SSSR count). The zero-order valence-corrected chi connectivity index (χ0v) is 7.13. The maximum absolute atomic E-state index is 10.5. The molecule has 4 nitrogen and oxygen atoms in total. The van der Waals surface area contributed by atoms with Gasteiger partial charge in [-0.3, -0.25) is 4.79 Å². The molecule has 0 saturated carbocycles. The number of carbonyl (C=O) groups excluding carboxylic acids is 1. The van der Waals surface area contributed by atoms with Gasteiger partial charge >= 0.3 is 0 Å². The molecular formula is C8H13N3O. The minimum atomic E-state index is 0.0226. The molecule has 0 spiro atoms. The van der Waals surface area contributed by atoms with Crippen molar-refractivity contribution in [3.63, 3.8) is 0 Å². The van der Waals surface area contributed by atoms with Crippen molar-refractivity contribution in [1.29, 1.82) is 0 Å². The van der Waals surface area contributed by atoms with Crippen molar-refractivity contribution >= 4 is 5.91 Å². The van der Waals surface area contributed by atoms with E-state index in [1.54, 1.807) is 12.4 Å². The van der Waals surface area contributed by atoms with Gasteiger partial charge in [0.2, 0.25) is 5.91 Å². The first kappa shape index (κ1) is 8.77. The highest BCUT2D eigenvalue weighted by Gasteiger charge is 1.94. The largest absolute Gasteiger partial charge is 0.356 e. The van der Waals surface area contributed by atoms with Gasteiger partial charge in [-0.2, -0.15) is 0 Å². The number of nitrogens with zero attached hydrogens (tertiary/aromatic N) is 1. The summed E-state index contributed by atoms with van der Waals surface area (Å²) < 4.78 is 0. The van der Waals surface area contributed by atoms with Crippen LogP contribution in [0.1, 0.15) is 19.2 Å². The molecule has 4 heteroatoms. The SMILES string of the molecule is CC(=O)NCCCc1ncc[nH]1. The van der Waals surface area contributed by atoms with E-state index in [1.165, 1.54) is 6.92 Å². The zero-order valence-electron chi connectivity index (χ0n) is 7.13. The first-order chi connectivity index (χ1) is 5.79. The molecule has 2 N–H and O–H groups in total. The average molecular weight is 167 g/mol. The van der Waals surface area contributed by atoms with Gasteiger partial charge < -0.3 is 10.3 Å². The van der Waals surface area contributed by atoms with E-state index in [1.807, 2.05) is 0 Å². The van der Waals surface area contributed by atoms with Crippen molar-refractivity contribution in [1.82, 2.24) is 15.3 Å². The number of imidazole rings is 1. The van der Waals surface area contributed by atoms with E-state index in [-0.39, 0.29) is 5.91 Å². The number of amides is 1. The molecule has 66 valence electrons. The van der Waals surface area contributed by atoms with Gasteiger partial charge in [0.25, 0.3) is 0 Å².